The summed E-state index contributed by atoms with van der Waals surface area (Å²) in [6.45, 7) is 30.7. The van der Waals surface area contributed by atoms with Crippen LogP contribution in [0.1, 0.15) is 94.2 Å². The molecule has 3 rings (SSSR count). The van der Waals surface area contributed by atoms with Gasteiger partial charge in [0.25, 0.3) is 0 Å². The molecule has 0 amide bonds. The molecule has 0 unspecified atom stereocenters. The molecular weight excluding hydrogens is 814 g/mol. The van der Waals surface area contributed by atoms with Gasteiger partial charge in [-0.1, -0.05) is 0 Å². The van der Waals surface area contributed by atoms with Crippen molar-refractivity contribution in [2.75, 3.05) is 0 Å². The SMILES string of the molecule is CC(C)[Si](CCc1c2c[c]([Sn]([CH3])([CH3])[CH3])sc2c(CC[Si](C(C)C)(C(C)C)C(C)C)c2c[c]([Sn]([CH3])([CH3])[CH3])sc12)(C(C)C)C(C)C. The second kappa shape index (κ2) is 14.6. The summed E-state index contributed by atoms with van der Waals surface area (Å²) >= 11 is -0.0288. The van der Waals surface area contributed by atoms with Gasteiger partial charge in [0.15, 0.2) is 0 Å². The average Bonchev–Trinajstić information content (AvgIpc) is 3.49. The average molecular weight is 885 g/mol. The van der Waals surface area contributed by atoms with E-state index in [1.165, 1.54) is 24.9 Å². The molecule has 0 bridgehead atoms. The Bertz CT molecular complexity index is 1210. The van der Waals surface area contributed by atoms with Crippen molar-refractivity contribution in [3.63, 3.8) is 0 Å². The van der Waals surface area contributed by atoms with Gasteiger partial charge in [-0.3, -0.25) is 0 Å². The number of thiophene rings is 2. The zero-order valence-electron chi connectivity index (χ0n) is 32.3. The van der Waals surface area contributed by atoms with E-state index in [2.05, 4.69) is 148 Å². The third kappa shape index (κ3) is 7.50. The van der Waals surface area contributed by atoms with E-state index in [9.17, 15) is 0 Å². The molecule has 2 heterocycles. The van der Waals surface area contributed by atoms with E-state index in [1.807, 2.05) is 0 Å². The molecule has 0 nitrogen and oxygen atoms in total. The summed E-state index contributed by atoms with van der Waals surface area (Å²) in [7, 11) is -2.99. The molecule has 0 atom stereocenters. The molecule has 0 aliphatic heterocycles. The summed E-state index contributed by atoms with van der Waals surface area (Å²) in [5.41, 5.74) is 8.43. The monoisotopic (exact) mass is 886 g/mol. The molecule has 0 N–H and O–H groups in total. The minimum absolute atomic E-state index is 0.822. The number of hydrogen-bond acceptors (Lipinski definition) is 2. The molecule has 250 valence electrons. The van der Waals surface area contributed by atoms with Crippen LogP contribution in [0.2, 0.25) is 75.0 Å². The van der Waals surface area contributed by atoms with Gasteiger partial charge >= 0.3 is 296 Å². The van der Waals surface area contributed by atoms with Gasteiger partial charge in [0.1, 0.15) is 0 Å². The van der Waals surface area contributed by atoms with Crippen LogP contribution in [0.3, 0.4) is 0 Å². The van der Waals surface area contributed by atoms with Crippen LogP contribution in [0, 0.1) is 0 Å². The van der Waals surface area contributed by atoms with Crippen LogP contribution in [0.4, 0.5) is 0 Å². The Hall–Kier alpha value is 1.17. The normalized spacial score (nSPS) is 14.4. The van der Waals surface area contributed by atoms with Gasteiger partial charge in [0, 0.05) is 0 Å². The molecule has 0 fully saturated rings. The zero-order chi connectivity index (χ0) is 33.7. The third-order valence-corrected chi connectivity index (χ3v) is 48.6. The van der Waals surface area contributed by atoms with Gasteiger partial charge in [-0.2, -0.15) is 0 Å². The standard InChI is InChI=1S/C32H52S2Si2.6CH3.2Sn/c1-21(2)35(22(3)4,23(5)6)19-15-29-27-13-17-34-32(27)30(28-14-18-33-31(28)29)16-20-36(24(7)8,25(9)10)26(11)12;;;;;;;;/h13-14,21-26H,15-16,19-20H2,1-12H3;6*1H3;;. The summed E-state index contributed by atoms with van der Waals surface area (Å²) in [6.07, 6.45) is 2.57. The Morgan fingerprint density at radius 2 is 0.727 bits per heavy atom. The number of fused-ring (bicyclic) bond motifs is 2. The van der Waals surface area contributed by atoms with Crippen molar-refractivity contribution in [2.24, 2.45) is 0 Å². The van der Waals surface area contributed by atoms with Crippen molar-refractivity contribution >= 4 is 102 Å². The van der Waals surface area contributed by atoms with Gasteiger partial charge in [-0.25, -0.2) is 0 Å². The number of benzene rings is 1. The first-order chi connectivity index (χ1) is 20.0. The van der Waals surface area contributed by atoms with E-state index in [0.29, 0.717) is 0 Å². The van der Waals surface area contributed by atoms with Crippen molar-refractivity contribution in [3.8, 4) is 0 Å². The van der Waals surface area contributed by atoms with E-state index in [4.69, 9.17) is 0 Å². The molecule has 6 heteroatoms. The van der Waals surface area contributed by atoms with Crippen LogP contribution < -0.4 is 5.79 Å². The Morgan fingerprint density at radius 3 is 0.932 bits per heavy atom. The van der Waals surface area contributed by atoms with E-state index in [0.717, 1.165) is 33.2 Å². The summed E-state index contributed by atoms with van der Waals surface area (Å²) in [4.78, 5) is 15.8. The molecule has 1 aromatic carbocycles. The van der Waals surface area contributed by atoms with Crippen LogP contribution in [0.5, 0.6) is 0 Å². The molecular formula is C38H70S2Si2Sn2. The third-order valence-electron chi connectivity index (χ3n) is 12.2. The molecule has 0 saturated heterocycles. The van der Waals surface area contributed by atoms with Crippen LogP contribution in [0.25, 0.3) is 20.2 Å². The number of rotatable bonds is 14. The maximum absolute atomic E-state index is 2.76. The molecule has 3 aromatic rings. The second-order valence-electron chi connectivity index (χ2n) is 18.3. The molecule has 0 saturated carbocycles. The van der Waals surface area contributed by atoms with E-state index in [-0.39, 0.29) is 0 Å². The Labute approximate surface area is 292 Å². The van der Waals surface area contributed by atoms with Crippen LogP contribution in [0.15, 0.2) is 12.1 Å². The number of aryl methyl sites for hydroxylation is 2. The fourth-order valence-corrected chi connectivity index (χ4v) is 35.4. The summed E-state index contributed by atoms with van der Waals surface area (Å²) in [6, 6.07) is 8.39. The predicted octanol–water partition coefficient (Wildman–Crippen LogP) is 13.6. The zero-order valence-corrected chi connectivity index (χ0v) is 41.6. The molecule has 44 heavy (non-hydrogen) atoms. The van der Waals surface area contributed by atoms with Gasteiger partial charge in [0.05, 0.1) is 0 Å². The quantitative estimate of drug-likeness (QED) is 0.142. The van der Waals surface area contributed by atoms with Crippen LogP contribution >= 0.6 is 22.7 Å². The Balaban J connectivity index is 2.39. The molecule has 0 aliphatic rings. The summed E-state index contributed by atoms with van der Waals surface area (Å²) in [5, 5.41) is 3.36. The molecule has 0 radical (unpaired) electrons. The van der Waals surface area contributed by atoms with Crippen molar-refractivity contribution < 1.29 is 0 Å². The van der Waals surface area contributed by atoms with Crippen molar-refractivity contribution in [2.45, 2.75) is 171 Å². The first-order valence-corrected chi connectivity index (χ1v) is 44.5. The van der Waals surface area contributed by atoms with Gasteiger partial charge in [-0.05, 0) is 0 Å². The first kappa shape index (κ1) is 39.6. The second-order valence-corrected chi connectivity index (χ2v) is 63.6. The van der Waals surface area contributed by atoms with Gasteiger partial charge in [-0.15, -0.1) is 0 Å². The summed E-state index contributed by atoms with van der Waals surface area (Å²) in [5.74, 6) is 0. The summed E-state index contributed by atoms with van der Waals surface area (Å²) < 4.78 is 6.97. The van der Waals surface area contributed by atoms with Crippen molar-refractivity contribution in [1.29, 1.82) is 0 Å². The Kier molecular flexibility index (Phi) is 13.1. The van der Waals surface area contributed by atoms with Crippen molar-refractivity contribution in [3.05, 3.63) is 23.3 Å². The van der Waals surface area contributed by atoms with E-state index >= 15 is 0 Å². The fourth-order valence-electron chi connectivity index (χ4n) is 9.57. The Morgan fingerprint density at radius 1 is 0.477 bits per heavy atom. The molecule has 0 aliphatic carbocycles. The van der Waals surface area contributed by atoms with E-state index in [1.54, 1.807) is 37.1 Å². The van der Waals surface area contributed by atoms with Gasteiger partial charge in [0.2, 0.25) is 0 Å². The minimum atomic E-state index is -2.26. The predicted molar refractivity (Wildman–Crippen MR) is 222 cm³/mol. The molecule has 2 aromatic heterocycles. The number of hydrogen-bond donors (Lipinski definition) is 0. The topological polar surface area (TPSA) is 0 Å². The van der Waals surface area contributed by atoms with Crippen LogP contribution in [-0.4, -0.2) is 52.9 Å². The van der Waals surface area contributed by atoms with Crippen LogP contribution in [-0.2, 0) is 12.8 Å². The fraction of sp³-hybridized carbons (Fsp3) is 0.737. The first-order valence-electron chi connectivity index (χ1n) is 18.0. The van der Waals surface area contributed by atoms with E-state index < -0.39 is 52.9 Å². The maximum atomic E-state index is 2.76. The van der Waals surface area contributed by atoms with Gasteiger partial charge < -0.3 is 0 Å². The molecule has 0 spiro atoms. The van der Waals surface area contributed by atoms with Crippen molar-refractivity contribution in [1.82, 2.24) is 0 Å².